The lowest BCUT2D eigenvalue weighted by atomic mass is 10.1. The predicted octanol–water partition coefficient (Wildman–Crippen LogP) is 3.35. The summed E-state index contributed by atoms with van der Waals surface area (Å²) in [6.45, 7) is 9.04. The minimum Gasteiger partial charge on any atom is -0.368 e. The lowest BCUT2D eigenvalue weighted by Gasteiger charge is -2.36. The summed E-state index contributed by atoms with van der Waals surface area (Å²) >= 11 is 0. The maximum atomic E-state index is 13.1. The van der Waals surface area contributed by atoms with Crippen LogP contribution < -0.4 is 9.80 Å². The SMILES string of the molecule is CCN(CC)c1cc(CCC(=O)N2CCN(c3ccc(F)cc3)CC2)ccn1. The van der Waals surface area contributed by atoms with Crippen LogP contribution >= 0.6 is 0 Å². The molecule has 1 aromatic heterocycles. The Labute approximate surface area is 166 Å². The molecule has 0 bridgehead atoms. The van der Waals surface area contributed by atoms with Crippen LogP contribution in [-0.2, 0) is 11.2 Å². The molecule has 1 amide bonds. The summed E-state index contributed by atoms with van der Waals surface area (Å²) < 4.78 is 13.1. The number of nitrogens with zero attached hydrogens (tertiary/aromatic N) is 4. The molecule has 0 N–H and O–H groups in total. The lowest BCUT2D eigenvalue weighted by Crippen LogP contribution is -2.48. The summed E-state index contributed by atoms with van der Waals surface area (Å²) in [5.74, 6) is 0.945. The first kappa shape index (κ1) is 20.1. The quantitative estimate of drug-likeness (QED) is 0.734. The smallest absolute Gasteiger partial charge is 0.223 e. The van der Waals surface area contributed by atoms with Crippen LogP contribution in [0.4, 0.5) is 15.9 Å². The molecule has 0 saturated carbocycles. The highest BCUT2D eigenvalue weighted by Gasteiger charge is 2.21. The second-order valence-electron chi connectivity index (χ2n) is 7.04. The molecule has 150 valence electrons. The molecule has 0 spiro atoms. The largest absolute Gasteiger partial charge is 0.368 e. The predicted molar refractivity (Wildman–Crippen MR) is 111 cm³/mol. The fourth-order valence-electron chi connectivity index (χ4n) is 3.61. The van der Waals surface area contributed by atoms with Gasteiger partial charge in [-0.15, -0.1) is 0 Å². The normalized spacial score (nSPS) is 14.2. The first-order valence-electron chi connectivity index (χ1n) is 10.1. The van der Waals surface area contributed by atoms with Crippen LogP contribution in [0.25, 0.3) is 0 Å². The lowest BCUT2D eigenvalue weighted by molar-refractivity contribution is -0.131. The Morgan fingerprint density at radius 3 is 2.39 bits per heavy atom. The number of anilines is 2. The van der Waals surface area contributed by atoms with Crippen LogP contribution in [0.5, 0.6) is 0 Å². The van der Waals surface area contributed by atoms with Crippen molar-refractivity contribution >= 4 is 17.4 Å². The van der Waals surface area contributed by atoms with E-state index >= 15 is 0 Å². The van der Waals surface area contributed by atoms with E-state index < -0.39 is 0 Å². The zero-order valence-corrected chi connectivity index (χ0v) is 16.8. The van der Waals surface area contributed by atoms with Crippen molar-refractivity contribution in [3.63, 3.8) is 0 Å². The average molecular weight is 384 g/mol. The first-order chi connectivity index (χ1) is 13.6. The van der Waals surface area contributed by atoms with E-state index in [4.69, 9.17) is 0 Å². The topological polar surface area (TPSA) is 39.7 Å². The molecule has 5 nitrogen and oxygen atoms in total. The van der Waals surface area contributed by atoms with Crippen molar-refractivity contribution in [2.24, 2.45) is 0 Å². The highest BCUT2D eigenvalue weighted by atomic mass is 19.1. The molecule has 1 aromatic carbocycles. The highest BCUT2D eigenvalue weighted by molar-refractivity contribution is 5.76. The third-order valence-electron chi connectivity index (χ3n) is 5.35. The summed E-state index contributed by atoms with van der Waals surface area (Å²) in [4.78, 5) is 23.4. The van der Waals surface area contributed by atoms with E-state index in [1.165, 1.54) is 12.1 Å². The number of amides is 1. The summed E-state index contributed by atoms with van der Waals surface area (Å²) in [7, 11) is 0. The zero-order chi connectivity index (χ0) is 19.9. The van der Waals surface area contributed by atoms with Gasteiger partial charge in [0.2, 0.25) is 5.91 Å². The molecule has 2 aromatic rings. The van der Waals surface area contributed by atoms with Crippen molar-refractivity contribution in [1.82, 2.24) is 9.88 Å². The molecule has 0 radical (unpaired) electrons. The van der Waals surface area contributed by atoms with Gasteiger partial charge in [0.05, 0.1) is 0 Å². The van der Waals surface area contributed by atoms with E-state index in [1.54, 1.807) is 12.1 Å². The Morgan fingerprint density at radius 2 is 1.75 bits per heavy atom. The number of benzene rings is 1. The molecule has 28 heavy (non-hydrogen) atoms. The van der Waals surface area contributed by atoms with E-state index in [2.05, 4.69) is 34.7 Å². The number of aromatic nitrogens is 1. The van der Waals surface area contributed by atoms with Crippen molar-refractivity contribution in [3.8, 4) is 0 Å². The van der Waals surface area contributed by atoms with Gasteiger partial charge in [0, 0.05) is 57.6 Å². The molecule has 1 aliphatic rings. The Hall–Kier alpha value is -2.63. The summed E-state index contributed by atoms with van der Waals surface area (Å²) in [6, 6.07) is 10.6. The number of rotatable bonds is 7. The Morgan fingerprint density at radius 1 is 1.07 bits per heavy atom. The molecule has 2 heterocycles. The van der Waals surface area contributed by atoms with E-state index in [9.17, 15) is 9.18 Å². The molecule has 0 unspecified atom stereocenters. The van der Waals surface area contributed by atoms with Crippen molar-refractivity contribution in [1.29, 1.82) is 0 Å². The van der Waals surface area contributed by atoms with Crippen molar-refractivity contribution < 1.29 is 9.18 Å². The van der Waals surface area contributed by atoms with Crippen molar-refractivity contribution in [2.45, 2.75) is 26.7 Å². The van der Waals surface area contributed by atoms with Crippen LogP contribution in [0.2, 0.25) is 0 Å². The van der Waals surface area contributed by atoms with Gasteiger partial charge < -0.3 is 14.7 Å². The Bertz CT molecular complexity index is 768. The number of carbonyl (C=O) groups is 1. The molecule has 1 fully saturated rings. The molecule has 1 saturated heterocycles. The van der Waals surface area contributed by atoms with Gasteiger partial charge in [0.1, 0.15) is 11.6 Å². The number of halogens is 1. The van der Waals surface area contributed by atoms with E-state index in [-0.39, 0.29) is 11.7 Å². The van der Waals surface area contributed by atoms with Crippen LogP contribution in [0.15, 0.2) is 42.6 Å². The fourth-order valence-corrected chi connectivity index (χ4v) is 3.61. The van der Waals surface area contributed by atoms with Gasteiger partial charge in [-0.05, 0) is 62.2 Å². The monoisotopic (exact) mass is 384 g/mol. The van der Waals surface area contributed by atoms with Gasteiger partial charge in [-0.3, -0.25) is 4.79 Å². The Balaban J connectivity index is 1.50. The van der Waals surface area contributed by atoms with Crippen LogP contribution in [0, 0.1) is 5.82 Å². The fraction of sp³-hybridized carbons (Fsp3) is 0.455. The molecule has 0 aliphatic carbocycles. The number of piperazine rings is 1. The number of aryl methyl sites for hydroxylation is 1. The average Bonchev–Trinajstić information content (AvgIpc) is 2.74. The third kappa shape index (κ3) is 5.00. The number of pyridine rings is 1. The molecule has 0 atom stereocenters. The molecular weight excluding hydrogens is 355 g/mol. The molecule has 1 aliphatic heterocycles. The minimum atomic E-state index is -0.224. The second-order valence-corrected chi connectivity index (χ2v) is 7.04. The van der Waals surface area contributed by atoms with E-state index in [1.807, 2.05) is 17.2 Å². The maximum Gasteiger partial charge on any atom is 0.223 e. The summed E-state index contributed by atoms with van der Waals surface area (Å²) in [5.41, 5.74) is 2.16. The minimum absolute atomic E-state index is 0.194. The van der Waals surface area contributed by atoms with Gasteiger partial charge in [0.25, 0.3) is 0 Å². The molecule has 6 heteroatoms. The van der Waals surface area contributed by atoms with Gasteiger partial charge >= 0.3 is 0 Å². The van der Waals surface area contributed by atoms with Crippen LogP contribution in [0.3, 0.4) is 0 Å². The van der Waals surface area contributed by atoms with Crippen molar-refractivity contribution in [2.75, 3.05) is 49.1 Å². The van der Waals surface area contributed by atoms with Gasteiger partial charge in [-0.25, -0.2) is 9.37 Å². The number of carbonyl (C=O) groups excluding carboxylic acids is 1. The zero-order valence-electron chi connectivity index (χ0n) is 16.8. The van der Waals surface area contributed by atoms with Gasteiger partial charge in [-0.1, -0.05) is 0 Å². The Kier molecular flexibility index (Phi) is 6.85. The van der Waals surface area contributed by atoms with Gasteiger partial charge in [-0.2, -0.15) is 0 Å². The number of hydrogen-bond acceptors (Lipinski definition) is 4. The first-order valence-corrected chi connectivity index (χ1v) is 10.1. The summed E-state index contributed by atoms with van der Waals surface area (Å²) in [6.07, 6.45) is 3.07. The van der Waals surface area contributed by atoms with Gasteiger partial charge in [0.15, 0.2) is 0 Å². The molecule has 3 rings (SSSR count). The maximum absolute atomic E-state index is 13.1. The highest BCUT2D eigenvalue weighted by Crippen LogP contribution is 2.18. The molecular formula is C22H29FN4O. The third-order valence-corrected chi connectivity index (χ3v) is 5.35. The van der Waals surface area contributed by atoms with Crippen LogP contribution in [-0.4, -0.2) is 55.1 Å². The number of hydrogen-bond donors (Lipinski definition) is 0. The standard InChI is InChI=1S/C22H29FN4O/c1-3-25(4-2)21-17-18(11-12-24-21)5-10-22(28)27-15-13-26(14-16-27)20-8-6-19(23)7-9-20/h6-9,11-12,17H,3-5,10,13-16H2,1-2H3. The van der Waals surface area contributed by atoms with E-state index in [0.717, 1.165) is 49.7 Å². The van der Waals surface area contributed by atoms with Crippen molar-refractivity contribution in [3.05, 3.63) is 54.0 Å². The summed E-state index contributed by atoms with van der Waals surface area (Å²) in [5, 5.41) is 0. The van der Waals surface area contributed by atoms with E-state index in [0.29, 0.717) is 19.5 Å². The second kappa shape index (κ2) is 9.53. The van der Waals surface area contributed by atoms with Crippen LogP contribution in [0.1, 0.15) is 25.8 Å².